The maximum Gasteiger partial charge on any atom is 0.322 e. The maximum atomic E-state index is 11.7. The summed E-state index contributed by atoms with van der Waals surface area (Å²) >= 11 is 0. The van der Waals surface area contributed by atoms with Gasteiger partial charge in [0.15, 0.2) is 0 Å². The third kappa shape index (κ3) is 7.10. The number of carbonyl (C=O) groups is 1. The van der Waals surface area contributed by atoms with E-state index in [1.54, 1.807) is 6.21 Å². The van der Waals surface area contributed by atoms with E-state index in [4.69, 9.17) is 5.41 Å². The van der Waals surface area contributed by atoms with Crippen molar-refractivity contribution in [2.75, 3.05) is 0 Å². The van der Waals surface area contributed by atoms with Crippen LogP contribution >= 0.6 is 0 Å². The average Bonchev–Trinajstić information content (AvgIpc) is 2.44. The number of hydrazone groups is 1. The lowest BCUT2D eigenvalue weighted by molar-refractivity contribution is 0.242. The summed E-state index contributed by atoms with van der Waals surface area (Å²) in [5.74, 6) is 0.348. The number of amides is 2. The predicted octanol–water partition coefficient (Wildman–Crippen LogP) is 2.60. The molecule has 0 bridgehead atoms. The number of rotatable bonds is 5. The van der Waals surface area contributed by atoms with Crippen molar-refractivity contribution in [1.82, 2.24) is 16.1 Å². The molecule has 6 heteroatoms. The Morgan fingerprint density at radius 1 is 1.29 bits per heavy atom. The molecule has 1 aromatic rings. The molecule has 1 aromatic carbocycles. The van der Waals surface area contributed by atoms with Gasteiger partial charge in [0.25, 0.3) is 0 Å². The summed E-state index contributed by atoms with van der Waals surface area (Å²) in [6.07, 6.45) is 2.50. The standard InChI is InChI=1S/C15H23N5O/c1-11(2)9-10-17-20-14(16)19-15(21)18-12(3)13-7-5-4-6-8-13/h4-8,10-12H,9H2,1-3H3,(H4,16,18,19,20,21)/b17-10+. The van der Waals surface area contributed by atoms with E-state index in [0.717, 1.165) is 12.0 Å². The van der Waals surface area contributed by atoms with Gasteiger partial charge in [0.1, 0.15) is 0 Å². The Balaban J connectivity index is 2.33. The lowest BCUT2D eigenvalue weighted by Crippen LogP contribution is -2.44. The normalized spacial score (nSPS) is 12.2. The van der Waals surface area contributed by atoms with E-state index in [0.29, 0.717) is 5.92 Å². The molecule has 0 spiro atoms. The van der Waals surface area contributed by atoms with Crippen LogP contribution in [0.3, 0.4) is 0 Å². The molecule has 114 valence electrons. The Morgan fingerprint density at radius 3 is 2.57 bits per heavy atom. The van der Waals surface area contributed by atoms with Crippen molar-refractivity contribution in [2.24, 2.45) is 11.0 Å². The maximum absolute atomic E-state index is 11.7. The molecule has 1 unspecified atom stereocenters. The molecule has 0 heterocycles. The highest BCUT2D eigenvalue weighted by Crippen LogP contribution is 2.10. The molecule has 1 atom stereocenters. The van der Waals surface area contributed by atoms with Crippen molar-refractivity contribution in [1.29, 1.82) is 5.41 Å². The zero-order valence-corrected chi connectivity index (χ0v) is 12.7. The highest BCUT2D eigenvalue weighted by Gasteiger charge is 2.09. The van der Waals surface area contributed by atoms with Crippen LogP contribution in [0.1, 0.15) is 38.8 Å². The molecule has 0 aliphatic rings. The van der Waals surface area contributed by atoms with Gasteiger partial charge in [-0.25, -0.2) is 10.2 Å². The number of hydrogen-bond donors (Lipinski definition) is 4. The van der Waals surface area contributed by atoms with Crippen LogP contribution in [0.2, 0.25) is 0 Å². The fourth-order valence-corrected chi connectivity index (χ4v) is 1.57. The Labute approximate surface area is 125 Å². The molecule has 4 N–H and O–H groups in total. The summed E-state index contributed by atoms with van der Waals surface area (Å²) in [7, 11) is 0. The monoisotopic (exact) mass is 289 g/mol. The molecule has 0 fully saturated rings. The molecule has 0 saturated carbocycles. The third-order valence-corrected chi connectivity index (χ3v) is 2.73. The topological polar surface area (TPSA) is 89.4 Å². The fraction of sp³-hybridized carbons (Fsp3) is 0.400. The second-order valence-corrected chi connectivity index (χ2v) is 5.16. The van der Waals surface area contributed by atoms with Crippen molar-refractivity contribution in [3.63, 3.8) is 0 Å². The summed E-state index contributed by atoms with van der Waals surface area (Å²) in [6.45, 7) is 6.04. The minimum absolute atomic E-state index is 0.136. The molecule has 2 amide bonds. The summed E-state index contributed by atoms with van der Waals surface area (Å²) in [4.78, 5) is 11.7. The first-order valence-corrected chi connectivity index (χ1v) is 6.97. The van der Waals surface area contributed by atoms with Gasteiger partial charge in [-0.3, -0.25) is 10.7 Å². The lowest BCUT2D eigenvalue weighted by atomic mass is 10.1. The number of nitrogens with zero attached hydrogens (tertiary/aromatic N) is 1. The minimum Gasteiger partial charge on any atom is -0.331 e. The van der Waals surface area contributed by atoms with E-state index in [1.165, 1.54) is 0 Å². The van der Waals surface area contributed by atoms with E-state index in [2.05, 4.69) is 35.0 Å². The quantitative estimate of drug-likeness (QED) is 0.381. The summed E-state index contributed by atoms with van der Waals surface area (Å²) in [5, 5.41) is 16.5. The van der Waals surface area contributed by atoms with Gasteiger partial charge in [-0.05, 0) is 24.8 Å². The van der Waals surface area contributed by atoms with E-state index in [1.807, 2.05) is 37.3 Å². The average molecular weight is 289 g/mol. The third-order valence-electron chi connectivity index (χ3n) is 2.73. The number of hydrogen-bond acceptors (Lipinski definition) is 3. The number of benzene rings is 1. The van der Waals surface area contributed by atoms with Gasteiger partial charge >= 0.3 is 6.03 Å². The zero-order chi connectivity index (χ0) is 15.7. The number of carbonyl (C=O) groups excluding carboxylic acids is 1. The molecular formula is C15H23N5O. The van der Waals surface area contributed by atoms with E-state index < -0.39 is 6.03 Å². The van der Waals surface area contributed by atoms with Crippen LogP contribution in [0.4, 0.5) is 4.79 Å². The van der Waals surface area contributed by atoms with Crippen LogP contribution in [-0.4, -0.2) is 18.2 Å². The van der Waals surface area contributed by atoms with Gasteiger partial charge < -0.3 is 5.32 Å². The molecule has 0 saturated heterocycles. The molecule has 1 rings (SSSR count). The minimum atomic E-state index is -0.442. The van der Waals surface area contributed by atoms with Gasteiger partial charge in [-0.2, -0.15) is 5.10 Å². The molecule has 0 aromatic heterocycles. The first kappa shape index (κ1) is 16.7. The molecule has 0 aliphatic carbocycles. The van der Waals surface area contributed by atoms with Gasteiger partial charge in [0.05, 0.1) is 6.04 Å². The van der Waals surface area contributed by atoms with Crippen molar-refractivity contribution >= 4 is 18.2 Å². The number of nitrogens with one attached hydrogen (secondary N) is 4. The van der Waals surface area contributed by atoms with Gasteiger partial charge in [-0.1, -0.05) is 44.2 Å². The number of urea groups is 1. The smallest absolute Gasteiger partial charge is 0.322 e. The van der Waals surface area contributed by atoms with Crippen LogP contribution in [0, 0.1) is 11.3 Å². The Kier molecular flexibility index (Phi) is 6.94. The summed E-state index contributed by atoms with van der Waals surface area (Å²) in [5.41, 5.74) is 3.46. The van der Waals surface area contributed by atoms with Crippen molar-refractivity contribution in [3.05, 3.63) is 35.9 Å². The van der Waals surface area contributed by atoms with Gasteiger partial charge in [0.2, 0.25) is 5.96 Å². The summed E-state index contributed by atoms with van der Waals surface area (Å²) in [6, 6.07) is 9.04. The van der Waals surface area contributed by atoms with Gasteiger partial charge in [0, 0.05) is 6.21 Å². The molecule has 0 aliphatic heterocycles. The van der Waals surface area contributed by atoms with Crippen molar-refractivity contribution in [3.8, 4) is 0 Å². The molecule has 0 radical (unpaired) electrons. The highest BCUT2D eigenvalue weighted by molar-refractivity contribution is 5.94. The molecule has 6 nitrogen and oxygen atoms in total. The van der Waals surface area contributed by atoms with Crippen LogP contribution in [-0.2, 0) is 0 Å². The van der Waals surface area contributed by atoms with Crippen molar-refractivity contribution < 1.29 is 4.79 Å². The Bertz CT molecular complexity index is 484. The number of guanidine groups is 1. The molecular weight excluding hydrogens is 266 g/mol. The zero-order valence-electron chi connectivity index (χ0n) is 12.7. The van der Waals surface area contributed by atoms with Gasteiger partial charge in [-0.15, -0.1) is 0 Å². The Hall–Kier alpha value is -2.37. The first-order chi connectivity index (χ1) is 9.99. The second kappa shape index (κ2) is 8.73. The lowest BCUT2D eigenvalue weighted by Gasteiger charge is -2.14. The largest absolute Gasteiger partial charge is 0.331 e. The van der Waals surface area contributed by atoms with E-state index >= 15 is 0 Å². The predicted molar refractivity (Wildman–Crippen MR) is 85.3 cm³/mol. The SMILES string of the molecule is CC(C)C/C=N/NC(=N)NC(=O)NC(C)c1ccccc1. The Morgan fingerprint density at radius 2 is 1.95 bits per heavy atom. The van der Waals surface area contributed by atoms with E-state index in [-0.39, 0.29) is 12.0 Å². The van der Waals surface area contributed by atoms with Crippen LogP contribution < -0.4 is 16.1 Å². The first-order valence-electron chi connectivity index (χ1n) is 6.97. The fourth-order valence-electron chi connectivity index (χ4n) is 1.57. The van der Waals surface area contributed by atoms with E-state index in [9.17, 15) is 4.79 Å². The van der Waals surface area contributed by atoms with Crippen molar-refractivity contribution in [2.45, 2.75) is 33.2 Å². The summed E-state index contributed by atoms with van der Waals surface area (Å²) < 4.78 is 0. The van der Waals surface area contributed by atoms with Crippen LogP contribution in [0.15, 0.2) is 35.4 Å². The molecule has 21 heavy (non-hydrogen) atoms. The second-order valence-electron chi connectivity index (χ2n) is 5.16. The van der Waals surface area contributed by atoms with Crippen LogP contribution in [0.25, 0.3) is 0 Å². The van der Waals surface area contributed by atoms with Crippen LogP contribution in [0.5, 0.6) is 0 Å². The highest BCUT2D eigenvalue weighted by atomic mass is 16.2.